The van der Waals surface area contributed by atoms with E-state index < -0.39 is 6.09 Å². The molecule has 2 aromatic carbocycles. The molecular formula is C30H41NO6. The first-order valence-electron chi connectivity index (χ1n) is 13.6. The first-order valence-corrected chi connectivity index (χ1v) is 13.6. The zero-order valence-electron chi connectivity index (χ0n) is 22.0. The van der Waals surface area contributed by atoms with Crippen molar-refractivity contribution in [3.8, 4) is 11.1 Å². The van der Waals surface area contributed by atoms with Gasteiger partial charge in [-0.25, -0.2) is 4.79 Å². The minimum Gasteiger partial charge on any atom is -0.463 e. The van der Waals surface area contributed by atoms with Gasteiger partial charge in [-0.2, -0.15) is 0 Å². The predicted octanol–water partition coefficient (Wildman–Crippen LogP) is 5.85. The number of unbranched alkanes of at least 4 members (excludes halogenated alkanes) is 5. The number of rotatable bonds is 18. The number of ether oxygens (including phenoxy) is 4. The lowest BCUT2D eigenvalue weighted by Gasteiger charge is -2.14. The predicted molar refractivity (Wildman–Crippen MR) is 144 cm³/mol. The van der Waals surface area contributed by atoms with E-state index in [2.05, 4.69) is 36.5 Å². The number of benzene rings is 2. The number of amides is 1. The summed E-state index contributed by atoms with van der Waals surface area (Å²) in [5.74, 6) is -0.115. The molecule has 1 amide bonds. The van der Waals surface area contributed by atoms with Crippen LogP contribution in [0.25, 0.3) is 11.1 Å². The standard InChI is InChI=1S/C30H41NO6/c1-2-3-4-5-6-7-16-29(32)36-22-21-35-20-19-34-18-17-31-30(33)37-23-28-26-14-10-8-12-24(26)25-13-9-11-15-27(25)28/h8-15,28H,2-7,16-23H2,1H3,(H,31,33). The van der Waals surface area contributed by atoms with Gasteiger partial charge in [0.25, 0.3) is 0 Å². The van der Waals surface area contributed by atoms with Crippen LogP contribution in [0, 0.1) is 0 Å². The molecule has 0 aromatic heterocycles. The molecule has 0 radical (unpaired) electrons. The highest BCUT2D eigenvalue weighted by atomic mass is 16.6. The van der Waals surface area contributed by atoms with E-state index in [9.17, 15) is 9.59 Å². The van der Waals surface area contributed by atoms with E-state index in [-0.39, 0.29) is 25.1 Å². The maximum absolute atomic E-state index is 12.2. The van der Waals surface area contributed by atoms with Crippen molar-refractivity contribution in [2.45, 2.75) is 57.8 Å². The van der Waals surface area contributed by atoms with E-state index in [1.165, 1.54) is 47.9 Å². The van der Waals surface area contributed by atoms with E-state index in [1.807, 2.05) is 24.3 Å². The van der Waals surface area contributed by atoms with Gasteiger partial charge in [0.2, 0.25) is 0 Å². The fourth-order valence-electron chi connectivity index (χ4n) is 4.53. The highest BCUT2D eigenvalue weighted by molar-refractivity contribution is 5.79. The van der Waals surface area contributed by atoms with Crippen molar-refractivity contribution < 1.29 is 28.5 Å². The number of hydrogen-bond donors (Lipinski definition) is 1. The molecule has 0 unspecified atom stereocenters. The Balaban J connectivity index is 1.16. The largest absolute Gasteiger partial charge is 0.463 e. The molecule has 0 saturated heterocycles. The molecule has 0 atom stereocenters. The first-order chi connectivity index (χ1) is 18.2. The number of esters is 1. The first kappa shape index (κ1) is 28.7. The van der Waals surface area contributed by atoms with E-state index in [0.717, 1.165) is 12.8 Å². The van der Waals surface area contributed by atoms with Crippen LogP contribution in [0.1, 0.15) is 68.9 Å². The molecular weight excluding hydrogens is 470 g/mol. The van der Waals surface area contributed by atoms with Crippen LogP contribution in [0.2, 0.25) is 0 Å². The Morgan fingerprint density at radius 2 is 1.32 bits per heavy atom. The summed E-state index contributed by atoms with van der Waals surface area (Å²) in [7, 11) is 0. The molecule has 2 aromatic rings. The van der Waals surface area contributed by atoms with E-state index in [0.29, 0.717) is 39.4 Å². The summed E-state index contributed by atoms with van der Waals surface area (Å²) in [6.45, 7) is 4.61. The average molecular weight is 512 g/mol. The van der Waals surface area contributed by atoms with Gasteiger partial charge in [0, 0.05) is 18.9 Å². The Morgan fingerprint density at radius 3 is 2.03 bits per heavy atom. The molecule has 0 bridgehead atoms. The van der Waals surface area contributed by atoms with Gasteiger partial charge >= 0.3 is 12.1 Å². The van der Waals surface area contributed by atoms with Crippen LogP contribution >= 0.6 is 0 Å². The lowest BCUT2D eigenvalue weighted by molar-refractivity contribution is -0.145. The summed E-state index contributed by atoms with van der Waals surface area (Å²) < 4.78 is 21.6. The number of alkyl carbamates (subject to hydrolysis) is 1. The van der Waals surface area contributed by atoms with Crippen molar-refractivity contribution in [2.75, 3.05) is 46.2 Å². The van der Waals surface area contributed by atoms with Crippen molar-refractivity contribution in [1.29, 1.82) is 0 Å². The third-order valence-corrected chi connectivity index (χ3v) is 6.46. The van der Waals surface area contributed by atoms with Crippen LogP contribution in [-0.4, -0.2) is 58.2 Å². The van der Waals surface area contributed by atoms with Gasteiger partial charge in [0.15, 0.2) is 0 Å². The SMILES string of the molecule is CCCCCCCCC(=O)OCCOCCOCCNC(=O)OCC1c2ccccc2-c2ccccc21. The van der Waals surface area contributed by atoms with E-state index in [4.69, 9.17) is 18.9 Å². The van der Waals surface area contributed by atoms with Crippen LogP contribution < -0.4 is 5.32 Å². The minimum atomic E-state index is -0.454. The summed E-state index contributed by atoms with van der Waals surface area (Å²) in [5, 5.41) is 2.72. The topological polar surface area (TPSA) is 83.1 Å². The van der Waals surface area contributed by atoms with E-state index in [1.54, 1.807) is 0 Å². The van der Waals surface area contributed by atoms with Gasteiger partial charge in [-0.05, 0) is 28.7 Å². The second-order valence-corrected chi connectivity index (χ2v) is 9.22. The highest BCUT2D eigenvalue weighted by Crippen LogP contribution is 2.44. The van der Waals surface area contributed by atoms with Crippen molar-refractivity contribution >= 4 is 12.1 Å². The fourth-order valence-corrected chi connectivity index (χ4v) is 4.53. The van der Waals surface area contributed by atoms with Gasteiger partial charge in [-0.15, -0.1) is 0 Å². The van der Waals surface area contributed by atoms with Gasteiger partial charge in [0.1, 0.15) is 13.2 Å². The Hall–Kier alpha value is -2.90. The molecule has 0 spiro atoms. The number of nitrogens with one attached hydrogen (secondary N) is 1. The van der Waals surface area contributed by atoms with E-state index >= 15 is 0 Å². The number of hydrogen-bond acceptors (Lipinski definition) is 6. The second kappa shape index (κ2) is 16.8. The fraction of sp³-hybridized carbons (Fsp3) is 0.533. The minimum absolute atomic E-state index is 0.0429. The van der Waals surface area contributed by atoms with Gasteiger partial charge in [-0.3, -0.25) is 4.79 Å². The van der Waals surface area contributed by atoms with Gasteiger partial charge in [-0.1, -0.05) is 87.6 Å². The Kier molecular flexibility index (Phi) is 13.0. The third-order valence-electron chi connectivity index (χ3n) is 6.46. The summed E-state index contributed by atoms with van der Waals surface area (Å²) in [5.41, 5.74) is 4.78. The maximum Gasteiger partial charge on any atom is 0.407 e. The number of carbonyl (C=O) groups is 2. The molecule has 7 heteroatoms. The zero-order chi connectivity index (χ0) is 26.1. The molecule has 7 nitrogen and oxygen atoms in total. The Morgan fingerprint density at radius 1 is 0.730 bits per heavy atom. The van der Waals surface area contributed by atoms with Gasteiger partial charge in [0.05, 0.1) is 26.4 Å². The van der Waals surface area contributed by atoms with Crippen LogP contribution in [0.3, 0.4) is 0 Å². The number of carbonyl (C=O) groups excluding carboxylic acids is 2. The van der Waals surface area contributed by atoms with Crippen LogP contribution in [0.5, 0.6) is 0 Å². The summed E-state index contributed by atoms with van der Waals surface area (Å²) in [6.07, 6.45) is 6.92. The Labute approximate surface area is 220 Å². The van der Waals surface area contributed by atoms with Crippen LogP contribution in [-0.2, 0) is 23.7 Å². The number of fused-ring (bicyclic) bond motifs is 3. The van der Waals surface area contributed by atoms with Crippen molar-refractivity contribution in [2.24, 2.45) is 0 Å². The molecule has 37 heavy (non-hydrogen) atoms. The summed E-state index contributed by atoms with van der Waals surface area (Å²) in [6, 6.07) is 16.5. The Bertz CT molecular complexity index is 917. The second-order valence-electron chi connectivity index (χ2n) is 9.22. The molecule has 1 aliphatic carbocycles. The molecule has 0 aliphatic heterocycles. The zero-order valence-corrected chi connectivity index (χ0v) is 22.0. The summed E-state index contributed by atoms with van der Waals surface area (Å²) in [4.78, 5) is 23.8. The molecule has 0 saturated carbocycles. The molecule has 1 N–H and O–H groups in total. The molecule has 3 rings (SSSR count). The normalized spacial score (nSPS) is 12.1. The summed E-state index contributed by atoms with van der Waals surface area (Å²) >= 11 is 0. The quantitative estimate of drug-likeness (QED) is 0.200. The average Bonchev–Trinajstić information content (AvgIpc) is 3.24. The third kappa shape index (κ3) is 9.82. The van der Waals surface area contributed by atoms with Crippen molar-refractivity contribution in [1.82, 2.24) is 5.32 Å². The molecule has 202 valence electrons. The van der Waals surface area contributed by atoms with Crippen LogP contribution in [0.15, 0.2) is 48.5 Å². The lowest BCUT2D eigenvalue weighted by Crippen LogP contribution is -2.29. The van der Waals surface area contributed by atoms with Crippen LogP contribution in [0.4, 0.5) is 4.79 Å². The van der Waals surface area contributed by atoms with Crippen molar-refractivity contribution in [3.05, 3.63) is 59.7 Å². The highest BCUT2D eigenvalue weighted by Gasteiger charge is 2.28. The van der Waals surface area contributed by atoms with Crippen molar-refractivity contribution in [3.63, 3.8) is 0 Å². The molecule has 0 fully saturated rings. The monoisotopic (exact) mass is 511 g/mol. The smallest absolute Gasteiger partial charge is 0.407 e. The molecule has 1 aliphatic rings. The molecule has 0 heterocycles. The lowest BCUT2D eigenvalue weighted by atomic mass is 9.98. The maximum atomic E-state index is 12.2. The van der Waals surface area contributed by atoms with Gasteiger partial charge < -0.3 is 24.3 Å².